The maximum absolute atomic E-state index is 12.8. The van der Waals surface area contributed by atoms with E-state index in [1.807, 2.05) is 21.6 Å². The SMILES string of the molecule is O=C(O)c1cn(C2CCOCC2)c2nc(N3Cc4cccnc4C3)c(Cl)cc2c1=O. The number of anilines is 1. The number of rotatable bonds is 3. The van der Waals surface area contributed by atoms with Crippen molar-refractivity contribution in [1.29, 1.82) is 0 Å². The van der Waals surface area contributed by atoms with Crippen LogP contribution in [0, 0.1) is 0 Å². The summed E-state index contributed by atoms with van der Waals surface area (Å²) in [6.07, 6.45) is 4.60. The Labute approximate surface area is 176 Å². The summed E-state index contributed by atoms with van der Waals surface area (Å²) in [5, 5.41) is 10.1. The number of aromatic nitrogens is 3. The van der Waals surface area contributed by atoms with Crippen LogP contribution in [0.3, 0.4) is 0 Å². The van der Waals surface area contributed by atoms with E-state index in [4.69, 9.17) is 21.3 Å². The van der Waals surface area contributed by atoms with E-state index in [0.29, 0.717) is 42.8 Å². The molecule has 2 aliphatic heterocycles. The molecule has 0 aliphatic carbocycles. The molecule has 8 nitrogen and oxygen atoms in total. The smallest absolute Gasteiger partial charge is 0.341 e. The lowest BCUT2D eigenvalue weighted by atomic mass is 10.1. The first-order chi connectivity index (χ1) is 14.5. The first-order valence-electron chi connectivity index (χ1n) is 9.77. The van der Waals surface area contributed by atoms with E-state index in [-0.39, 0.29) is 17.0 Å². The minimum atomic E-state index is -1.26. The summed E-state index contributed by atoms with van der Waals surface area (Å²) in [6.45, 7) is 2.35. The lowest BCUT2D eigenvalue weighted by molar-refractivity contribution is 0.0680. The first-order valence-corrected chi connectivity index (χ1v) is 10.1. The quantitative estimate of drug-likeness (QED) is 0.687. The molecule has 0 saturated carbocycles. The van der Waals surface area contributed by atoms with Crippen LogP contribution in [-0.2, 0) is 17.8 Å². The summed E-state index contributed by atoms with van der Waals surface area (Å²) in [6, 6.07) is 5.46. The zero-order valence-electron chi connectivity index (χ0n) is 16.0. The second-order valence-corrected chi connectivity index (χ2v) is 7.97. The first kappa shape index (κ1) is 19.0. The summed E-state index contributed by atoms with van der Waals surface area (Å²) in [4.78, 5) is 35.7. The molecule has 5 heterocycles. The maximum atomic E-state index is 12.8. The zero-order chi connectivity index (χ0) is 20.8. The molecular weight excluding hydrogens is 408 g/mol. The highest BCUT2D eigenvalue weighted by Crippen LogP contribution is 2.34. The minimum absolute atomic E-state index is 0.00100. The van der Waals surface area contributed by atoms with E-state index in [9.17, 15) is 14.7 Å². The summed E-state index contributed by atoms with van der Waals surface area (Å²) < 4.78 is 7.26. The maximum Gasteiger partial charge on any atom is 0.341 e. The van der Waals surface area contributed by atoms with E-state index in [1.54, 1.807) is 12.3 Å². The van der Waals surface area contributed by atoms with Gasteiger partial charge < -0.3 is 19.3 Å². The van der Waals surface area contributed by atoms with Crippen LogP contribution in [0.2, 0.25) is 5.02 Å². The summed E-state index contributed by atoms with van der Waals surface area (Å²) >= 11 is 6.53. The summed E-state index contributed by atoms with van der Waals surface area (Å²) in [5.74, 6) is -0.700. The Morgan fingerprint density at radius 1 is 1.27 bits per heavy atom. The molecule has 1 N–H and O–H groups in total. The molecule has 0 unspecified atom stereocenters. The van der Waals surface area contributed by atoms with Crippen LogP contribution in [0.25, 0.3) is 11.0 Å². The summed E-state index contributed by atoms with van der Waals surface area (Å²) in [5.41, 5.74) is 1.67. The molecule has 1 saturated heterocycles. The van der Waals surface area contributed by atoms with Crippen molar-refractivity contribution >= 4 is 34.4 Å². The third kappa shape index (κ3) is 3.12. The zero-order valence-corrected chi connectivity index (χ0v) is 16.8. The van der Waals surface area contributed by atoms with Gasteiger partial charge in [0.1, 0.15) is 11.2 Å². The van der Waals surface area contributed by atoms with Crippen LogP contribution >= 0.6 is 11.6 Å². The van der Waals surface area contributed by atoms with Crippen molar-refractivity contribution in [3.05, 3.63) is 62.7 Å². The van der Waals surface area contributed by atoms with Gasteiger partial charge in [-0.25, -0.2) is 9.78 Å². The third-order valence-electron chi connectivity index (χ3n) is 5.74. The predicted molar refractivity (Wildman–Crippen MR) is 111 cm³/mol. The van der Waals surface area contributed by atoms with Crippen LogP contribution in [0.15, 0.2) is 35.4 Å². The molecule has 0 bridgehead atoms. The Morgan fingerprint density at radius 2 is 2.07 bits per heavy atom. The molecule has 0 atom stereocenters. The number of fused-ring (bicyclic) bond motifs is 2. The van der Waals surface area contributed by atoms with Gasteiger partial charge in [-0.15, -0.1) is 0 Å². The number of pyridine rings is 3. The molecule has 9 heteroatoms. The van der Waals surface area contributed by atoms with Gasteiger partial charge in [-0.3, -0.25) is 9.78 Å². The molecule has 1 fully saturated rings. The van der Waals surface area contributed by atoms with Crippen molar-refractivity contribution in [3.8, 4) is 0 Å². The van der Waals surface area contributed by atoms with Crippen LogP contribution in [0.1, 0.15) is 40.5 Å². The van der Waals surface area contributed by atoms with Gasteiger partial charge in [0.05, 0.1) is 22.6 Å². The monoisotopic (exact) mass is 426 g/mol. The van der Waals surface area contributed by atoms with Crippen molar-refractivity contribution < 1.29 is 14.6 Å². The molecule has 0 spiro atoms. The molecule has 2 aliphatic rings. The normalized spacial score (nSPS) is 16.8. The van der Waals surface area contributed by atoms with E-state index in [0.717, 1.165) is 24.1 Å². The van der Waals surface area contributed by atoms with Gasteiger partial charge >= 0.3 is 5.97 Å². The lowest BCUT2D eigenvalue weighted by Crippen LogP contribution is -2.26. The van der Waals surface area contributed by atoms with Crippen LogP contribution in [-0.4, -0.2) is 38.8 Å². The Kier molecular flexibility index (Phi) is 4.67. The Hall–Kier alpha value is -2.97. The standard InChI is InChI=1S/C21H19ClN4O4/c22-16-8-14-18(27)15(21(28)29)10-26(13-3-6-30-7-4-13)19(14)24-20(16)25-9-12-2-1-5-23-17(12)11-25/h1-2,5,8,10,13H,3-4,6-7,9,11H2,(H,28,29). The van der Waals surface area contributed by atoms with E-state index >= 15 is 0 Å². The van der Waals surface area contributed by atoms with E-state index < -0.39 is 11.4 Å². The predicted octanol–water partition coefficient (Wildman–Crippen LogP) is 3.01. The van der Waals surface area contributed by atoms with Gasteiger partial charge in [0.2, 0.25) is 5.43 Å². The van der Waals surface area contributed by atoms with Gasteiger partial charge in [0.25, 0.3) is 0 Å². The van der Waals surface area contributed by atoms with E-state index in [1.165, 1.54) is 6.20 Å². The van der Waals surface area contributed by atoms with Gasteiger partial charge in [-0.1, -0.05) is 17.7 Å². The van der Waals surface area contributed by atoms with Crippen molar-refractivity contribution in [2.45, 2.75) is 32.0 Å². The molecule has 3 aromatic heterocycles. The average molecular weight is 427 g/mol. The third-order valence-corrected chi connectivity index (χ3v) is 6.02. The van der Waals surface area contributed by atoms with Gasteiger partial charge in [0, 0.05) is 38.2 Å². The van der Waals surface area contributed by atoms with Gasteiger partial charge in [-0.2, -0.15) is 0 Å². The molecule has 30 heavy (non-hydrogen) atoms. The number of nitrogens with zero attached hydrogens (tertiary/aromatic N) is 4. The number of carboxylic acid groups (broad SMARTS) is 1. The fourth-order valence-corrected chi connectivity index (χ4v) is 4.47. The molecular formula is C21H19ClN4O4. The van der Waals surface area contributed by atoms with Crippen molar-refractivity contribution in [2.75, 3.05) is 18.1 Å². The largest absolute Gasteiger partial charge is 0.477 e. The Morgan fingerprint density at radius 3 is 2.80 bits per heavy atom. The number of carboxylic acids is 1. The van der Waals surface area contributed by atoms with Crippen LogP contribution in [0.5, 0.6) is 0 Å². The number of ether oxygens (including phenoxy) is 1. The fraction of sp³-hybridized carbons (Fsp3) is 0.333. The minimum Gasteiger partial charge on any atom is -0.477 e. The highest BCUT2D eigenvalue weighted by Gasteiger charge is 2.27. The highest BCUT2D eigenvalue weighted by molar-refractivity contribution is 6.33. The molecule has 3 aromatic rings. The number of halogens is 1. The second-order valence-electron chi connectivity index (χ2n) is 7.56. The average Bonchev–Trinajstić information content (AvgIpc) is 3.18. The molecule has 0 aromatic carbocycles. The summed E-state index contributed by atoms with van der Waals surface area (Å²) in [7, 11) is 0. The second kappa shape index (κ2) is 7.37. The van der Waals surface area contributed by atoms with Gasteiger partial charge in [0.15, 0.2) is 5.82 Å². The lowest BCUT2D eigenvalue weighted by Gasteiger charge is -2.27. The Balaban J connectivity index is 1.68. The number of aromatic carboxylic acids is 1. The van der Waals surface area contributed by atoms with Crippen molar-refractivity contribution in [3.63, 3.8) is 0 Å². The highest BCUT2D eigenvalue weighted by atomic mass is 35.5. The van der Waals surface area contributed by atoms with Crippen LogP contribution in [0.4, 0.5) is 5.82 Å². The number of carbonyl (C=O) groups is 1. The fourth-order valence-electron chi connectivity index (χ4n) is 4.20. The Bertz CT molecular complexity index is 1190. The van der Waals surface area contributed by atoms with Crippen molar-refractivity contribution in [1.82, 2.24) is 14.5 Å². The molecule has 5 rings (SSSR count). The molecule has 0 radical (unpaired) electrons. The molecule has 154 valence electrons. The van der Waals surface area contributed by atoms with Crippen LogP contribution < -0.4 is 10.3 Å². The van der Waals surface area contributed by atoms with Gasteiger partial charge in [-0.05, 0) is 30.5 Å². The topological polar surface area (TPSA) is 97.5 Å². The van der Waals surface area contributed by atoms with Crippen molar-refractivity contribution in [2.24, 2.45) is 0 Å². The van der Waals surface area contributed by atoms with E-state index in [2.05, 4.69) is 4.98 Å². The number of hydrogen-bond acceptors (Lipinski definition) is 6. The molecule has 0 amide bonds. The number of hydrogen-bond donors (Lipinski definition) is 1.